The second-order valence-electron chi connectivity index (χ2n) is 7.10. The Morgan fingerprint density at radius 3 is 2.77 bits per heavy atom. The minimum atomic E-state index is 0.238. The third kappa shape index (κ3) is 2.75. The van der Waals surface area contributed by atoms with Crippen molar-refractivity contribution >= 4 is 16.6 Å². The molecule has 0 bridgehead atoms. The van der Waals surface area contributed by atoms with Crippen LogP contribution in [0.15, 0.2) is 36.9 Å². The van der Waals surface area contributed by atoms with Crippen molar-refractivity contribution in [3.05, 3.63) is 64.9 Å². The van der Waals surface area contributed by atoms with Crippen molar-refractivity contribution in [3.63, 3.8) is 0 Å². The average Bonchev–Trinajstić information content (AvgIpc) is 3.24. The van der Waals surface area contributed by atoms with Gasteiger partial charge in [0.05, 0.1) is 5.52 Å². The largest absolute Gasteiger partial charge is 0.507 e. The van der Waals surface area contributed by atoms with Gasteiger partial charge >= 0.3 is 0 Å². The summed E-state index contributed by atoms with van der Waals surface area (Å²) in [6.45, 7) is 10.3. The minimum Gasteiger partial charge on any atom is -0.507 e. The van der Waals surface area contributed by atoms with Crippen molar-refractivity contribution in [2.75, 3.05) is 0 Å². The Morgan fingerprint density at radius 1 is 1.19 bits per heavy atom. The molecule has 4 nitrogen and oxygen atoms in total. The van der Waals surface area contributed by atoms with Crippen molar-refractivity contribution in [1.82, 2.24) is 15.1 Å². The molecule has 3 aromatic rings. The second kappa shape index (κ2) is 6.52. The highest BCUT2D eigenvalue weighted by atomic mass is 16.3. The molecule has 2 N–H and O–H groups in total. The van der Waals surface area contributed by atoms with Gasteiger partial charge in [-0.15, -0.1) is 0 Å². The molecule has 4 heteroatoms. The van der Waals surface area contributed by atoms with Crippen LogP contribution in [0, 0.1) is 0 Å². The molecule has 0 saturated carbocycles. The van der Waals surface area contributed by atoms with Gasteiger partial charge in [-0.1, -0.05) is 45.0 Å². The number of phenols is 1. The van der Waals surface area contributed by atoms with E-state index in [1.54, 1.807) is 6.07 Å². The number of aromatic nitrogens is 2. The van der Waals surface area contributed by atoms with Crippen LogP contribution in [-0.4, -0.2) is 20.2 Å². The number of rotatable bonds is 5. The predicted octanol–water partition coefficient (Wildman–Crippen LogP) is 4.77. The van der Waals surface area contributed by atoms with Crippen molar-refractivity contribution in [2.45, 2.75) is 46.2 Å². The second-order valence-corrected chi connectivity index (χ2v) is 7.10. The Bertz CT molecular complexity index is 986. The van der Waals surface area contributed by atoms with E-state index in [4.69, 9.17) is 0 Å². The van der Waals surface area contributed by atoms with E-state index in [2.05, 4.69) is 53.7 Å². The number of hydrogen-bond acceptors (Lipinski definition) is 3. The van der Waals surface area contributed by atoms with Gasteiger partial charge in [-0.2, -0.15) is 5.10 Å². The first-order valence-corrected chi connectivity index (χ1v) is 9.35. The molecule has 1 aliphatic heterocycles. The number of aryl methyl sites for hydroxylation is 2. The van der Waals surface area contributed by atoms with Crippen molar-refractivity contribution < 1.29 is 5.11 Å². The summed E-state index contributed by atoms with van der Waals surface area (Å²) in [4.78, 5) is 2.24. The standard InChI is InChI=1S/C22H25N3O/c1-4-6-20-19-10-18(22(26)11-21(19)24-23-20)14(3)25-12-16-8-7-15(5-2)9-17(16)13-25/h7-11,26H,3-6,12-13H2,1-2H3,(H,23,24). The lowest BCUT2D eigenvalue weighted by Gasteiger charge is -2.21. The van der Waals surface area contributed by atoms with E-state index in [1.165, 1.54) is 16.7 Å². The summed E-state index contributed by atoms with van der Waals surface area (Å²) in [5.74, 6) is 0.238. The first-order valence-electron chi connectivity index (χ1n) is 9.35. The topological polar surface area (TPSA) is 52.1 Å². The van der Waals surface area contributed by atoms with Gasteiger partial charge in [0.2, 0.25) is 0 Å². The van der Waals surface area contributed by atoms with E-state index >= 15 is 0 Å². The van der Waals surface area contributed by atoms with Gasteiger partial charge in [0.15, 0.2) is 0 Å². The molecule has 0 amide bonds. The van der Waals surface area contributed by atoms with Gasteiger partial charge in [-0.3, -0.25) is 5.10 Å². The summed E-state index contributed by atoms with van der Waals surface area (Å²) >= 11 is 0. The molecule has 0 atom stereocenters. The molecule has 4 rings (SSSR count). The molecule has 26 heavy (non-hydrogen) atoms. The van der Waals surface area contributed by atoms with Gasteiger partial charge in [0, 0.05) is 41.5 Å². The molecule has 0 spiro atoms. The summed E-state index contributed by atoms with van der Waals surface area (Å²) in [7, 11) is 0. The van der Waals surface area contributed by atoms with Gasteiger partial charge in [-0.25, -0.2) is 0 Å². The SMILES string of the molecule is C=C(c1cc2c(CCC)[nH]nc2cc1O)N1Cc2ccc(CC)cc2C1. The van der Waals surface area contributed by atoms with E-state index in [-0.39, 0.29) is 5.75 Å². The summed E-state index contributed by atoms with van der Waals surface area (Å²) < 4.78 is 0. The van der Waals surface area contributed by atoms with E-state index in [0.717, 1.165) is 60.2 Å². The summed E-state index contributed by atoms with van der Waals surface area (Å²) in [5, 5.41) is 19.0. The monoisotopic (exact) mass is 347 g/mol. The fraction of sp³-hybridized carbons (Fsp3) is 0.318. The molecule has 0 radical (unpaired) electrons. The summed E-state index contributed by atoms with van der Waals surface area (Å²) in [6.07, 6.45) is 3.05. The van der Waals surface area contributed by atoms with E-state index < -0.39 is 0 Å². The van der Waals surface area contributed by atoms with Crippen molar-refractivity contribution in [2.24, 2.45) is 0 Å². The predicted molar refractivity (Wildman–Crippen MR) is 106 cm³/mol. The van der Waals surface area contributed by atoms with Crippen LogP contribution in [0.3, 0.4) is 0 Å². The van der Waals surface area contributed by atoms with Crippen LogP contribution in [0.25, 0.3) is 16.6 Å². The lowest BCUT2D eigenvalue weighted by Crippen LogP contribution is -2.14. The number of fused-ring (bicyclic) bond motifs is 2. The fourth-order valence-electron chi connectivity index (χ4n) is 3.80. The molecule has 0 unspecified atom stereocenters. The zero-order valence-corrected chi connectivity index (χ0v) is 15.5. The number of aromatic hydroxyl groups is 1. The van der Waals surface area contributed by atoms with Gasteiger partial charge < -0.3 is 10.0 Å². The molecule has 1 aliphatic rings. The maximum absolute atomic E-state index is 10.5. The van der Waals surface area contributed by atoms with Crippen molar-refractivity contribution in [1.29, 1.82) is 0 Å². The Labute approximate surface area is 154 Å². The zero-order valence-electron chi connectivity index (χ0n) is 15.5. The highest BCUT2D eigenvalue weighted by molar-refractivity contribution is 5.88. The number of aromatic amines is 1. The van der Waals surface area contributed by atoms with Crippen LogP contribution in [0.5, 0.6) is 5.75 Å². The summed E-state index contributed by atoms with van der Waals surface area (Å²) in [5.41, 5.74) is 7.65. The number of hydrogen-bond donors (Lipinski definition) is 2. The maximum Gasteiger partial charge on any atom is 0.127 e. The number of benzene rings is 2. The van der Waals surface area contributed by atoms with Crippen LogP contribution in [-0.2, 0) is 25.9 Å². The molecule has 2 aromatic carbocycles. The molecular formula is C22H25N3O. The average molecular weight is 347 g/mol. The third-order valence-electron chi connectivity index (χ3n) is 5.34. The third-order valence-corrected chi connectivity index (χ3v) is 5.34. The number of nitrogens with one attached hydrogen (secondary N) is 1. The molecule has 0 saturated heterocycles. The Balaban J connectivity index is 1.66. The Kier molecular flexibility index (Phi) is 4.19. The number of H-pyrrole nitrogens is 1. The molecule has 0 fully saturated rings. The van der Waals surface area contributed by atoms with Crippen LogP contribution >= 0.6 is 0 Å². The lowest BCUT2D eigenvalue weighted by atomic mass is 10.0. The Hall–Kier alpha value is -2.75. The highest BCUT2D eigenvalue weighted by Gasteiger charge is 2.23. The van der Waals surface area contributed by atoms with Crippen LogP contribution in [0.4, 0.5) is 0 Å². The van der Waals surface area contributed by atoms with Gasteiger partial charge in [0.1, 0.15) is 5.75 Å². The molecule has 2 heterocycles. The van der Waals surface area contributed by atoms with Crippen LogP contribution in [0.2, 0.25) is 0 Å². The zero-order chi connectivity index (χ0) is 18.3. The molecule has 134 valence electrons. The van der Waals surface area contributed by atoms with Crippen LogP contribution < -0.4 is 0 Å². The highest BCUT2D eigenvalue weighted by Crippen LogP contribution is 2.36. The van der Waals surface area contributed by atoms with E-state index in [1.807, 2.05) is 6.07 Å². The first kappa shape index (κ1) is 16.7. The van der Waals surface area contributed by atoms with Crippen LogP contribution in [0.1, 0.15) is 48.2 Å². The molecular weight excluding hydrogens is 322 g/mol. The normalized spacial score (nSPS) is 13.4. The Morgan fingerprint density at radius 2 is 2.00 bits per heavy atom. The molecule has 1 aromatic heterocycles. The van der Waals surface area contributed by atoms with E-state index in [9.17, 15) is 5.11 Å². The van der Waals surface area contributed by atoms with Crippen molar-refractivity contribution in [3.8, 4) is 5.75 Å². The summed E-state index contributed by atoms with van der Waals surface area (Å²) in [6, 6.07) is 10.5. The smallest absolute Gasteiger partial charge is 0.127 e. The van der Waals surface area contributed by atoms with Gasteiger partial charge in [-0.05, 0) is 35.6 Å². The number of nitrogens with zero attached hydrogens (tertiary/aromatic N) is 2. The number of phenolic OH excluding ortho intramolecular Hbond substituents is 1. The fourth-order valence-corrected chi connectivity index (χ4v) is 3.80. The van der Waals surface area contributed by atoms with Gasteiger partial charge in [0.25, 0.3) is 0 Å². The molecule has 0 aliphatic carbocycles. The lowest BCUT2D eigenvalue weighted by molar-refractivity contribution is 0.417. The maximum atomic E-state index is 10.5. The van der Waals surface area contributed by atoms with E-state index in [0.29, 0.717) is 0 Å². The quantitative estimate of drug-likeness (QED) is 0.699. The first-order chi connectivity index (χ1) is 12.6. The minimum absolute atomic E-state index is 0.238.